The van der Waals surface area contributed by atoms with Crippen molar-refractivity contribution in [1.29, 1.82) is 5.26 Å². The van der Waals surface area contributed by atoms with Crippen LogP contribution in [0.4, 0.5) is 28.4 Å². The molecule has 0 radical (unpaired) electrons. The van der Waals surface area contributed by atoms with E-state index in [2.05, 4.69) is 0 Å². The average molecular weight is 501 g/mol. The number of carboxylic acid groups (broad SMARTS) is 1. The summed E-state index contributed by atoms with van der Waals surface area (Å²) in [4.78, 5) is 40.8. The molecule has 2 aromatic carbocycles. The minimum Gasteiger partial charge on any atom is -0.465 e. The number of imide groups is 1. The molecule has 0 spiro atoms. The van der Waals surface area contributed by atoms with Gasteiger partial charge in [-0.3, -0.25) is 9.69 Å². The summed E-state index contributed by atoms with van der Waals surface area (Å²) in [6.45, 7) is 1.86. The van der Waals surface area contributed by atoms with E-state index in [1.165, 1.54) is 30.0 Å². The maximum Gasteiger partial charge on any atom is 0.416 e. The number of rotatable bonds is 4. The highest BCUT2D eigenvalue weighted by molar-refractivity contribution is 7.99. The van der Waals surface area contributed by atoms with Crippen molar-refractivity contribution in [3.8, 4) is 6.07 Å². The second kappa shape index (κ2) is 9.11. The molecule has 0 aromatic heterocycles. The van der Waals surface area contributed by atoms with E-state index in [0.29, 0.717) is 26.7 Å². The van der Waals surface area contributed by atoms with Crippen LogP contribution in [-0.2, 0) is 11.0 Å². The van der Waals surface area contributed by atoms with Crippen molar-refractivity contribution in [3.05, 3.63) is 70.4 Å². The van der Waals surface area contributed by atoms with Crippen molar-refractivity contribution in [1.82, 2.24) is 4.90 Å². The molecule has 0 fully saturated rings. The SMILES string of the molecule is CCSc1cc(C#N)ccc1C1C2=C(CCC2=O)N(c2cccc(C(F)(F)F)c2)C(=O)N1C(=O)O. The number of amides is 3. The number of hydrogen-bond acceptors (Lipinski definition) is 5. The number of halogens is 3. The van der Waals surface area contributed by atoms with Crippen molar-refractivity contribution < 1.29 is 32.7 Å². The number of Topliss-reactive ketones (excluding diaryl/α,β-unsaturated/α-hetero) is 1. The van der Waals surface area contributed by atoms with Crippen LogP contribution in [0.15, 0.2) is 58.6 Å². The lowest BCUT2D eigenvalue weighted by atomic mass is 9.92. The number of anilines is 1. The fourth-order valence-electron chi connectivity index (χ4n) is 4.35. The van der Waals surface area contributed by atoms with Crippen molar-refractivity contribution in [3.63, 3.8) is 0 Å². The maximum absolute atomic E-state index is 13.5. The van der Waals surface area contributed by atoms with Crippen LogP contribution in [0.3, 0.4) is 0 Å². The monoisotopic (exact) mass is 501 g/mol. The number of ketones is 1. The molecule has 0 saturated heterocycles. The molecule has 0 bridgehead atoms. The molecular weight excluding hydrogens is 483 g/mol. The van der Waals surface area contributed by atoms with Gasteiger partial charge in [0.1, 0.15) is 6.04 Å². The molecule has 3 amide bonds. The van der Waals surface area contributed by atoms with Gasteiger partial charge < -0.3 is 5.11 Å². The third kappa shape index (κ3) is 4.25. The fraction of sp³-hybridized carbons (Fsp3) is 0.250. The van der Waals surface area contributed by atoms with Gasteiger partial charge in [0.05, 0.1) is 22.9 Å². The van der Waals surface area contributed by atoms with E-state index in [1.54, 1.807) is 6.07 Å². The van der Waals surface area contributed by atoms with Crippen molar-refractivity contribution >= 4 is 35.4 Å². The fourth-order valence-corrected chi connectivity index (χ4v) is 5.22. The second-order valence-electron chi connectivity index (χ2n) is 7.80. The first kappa shape index (κ1) is 24.3. The molecule has 1 N–H and O–H groups in total. The van der Waals surface area contributed by atoms with E-state index in [4.69, 9.17) is 0 Å². The van der Waals surface area contributed by atoms with E-state index in [9.17, 15) is 37.9 Å². The number of carbonyl (C=O) groups is 3. The van der Waals surface area contributed by atoms with Crippen LogP contribution in [-0.4, -0.2) is 33.7 Å². The summed E-state index contributed by atoms with van der Waals surface area (Å²) in [6, 6.07) is 8.18. The molecule has 7 nitrogen and oxygen atoms in total. The number of nitrogens with zero attached hydrogens (tertiary/aromatic N) is 3. The molecule has 1 heterocycles. The number of hydrogen-bond donors (Lipinski definition) is 1. The van der Waals surface area contributed by atoms with Crippen LogP contribution >= 0.6 is 11.8 Å². The van der Waals surface area contributed by atoms with Crippen molar-refractivity contribution in [2.75, 3.05) is 10.7 Å². The zero-order valence-electron chi connectivity index (χ0n) is 18.3. The molecule has 1 aliphatic carbocycles. The Balaban J connectivity index is 1.96. The minimum absolute atomic E-state index is 0.0100. The molecule has 2 aliphatic rings. The summed E-state index contributed by atoms with van der Waals surface area (Å²) >= 11 is 1.32. The van der Waals surface area contributed by atoms with E-state index >= 15 is 0 Å². The van der Waals surface area contributed by atoms with Gasteiger partial charge in [0.2, 0.25) is 0 Å². The Hall–Kier alpha value is -3.78. The number of benzene rings is 2. The average Bonchev–Trinajstić information content (AvgIpc) is 3.18. The predicted octanol–water partition coefficient (Wildman–Crippen LogP) is 5.97. The van der Waals surface area contributed by atoms with Gasteiger partial charge in [-0.05, 0) is 48.1 Å². The maximum atomic E-state index is 13.5. The zero-order chi connectivity index (χ0) is 25.5. The van der Waals surface area contributed by atoms with Gasteiger partial charge in [0.15, 0.2) is 5.78 Å². The van der Waals surface area contributed by atoms with Gasteiger partial charge >= 0.3 is 18.3 Å². The number of urea groups is 1. The van der Waals surface area contributed by atoms with Gasteiger partial charge in [-0.15, -0.1) is 11.8 Å². The first-order valence-electron chi connectivity index (χ1n) is 10.5. The highest BCUT2D eigenvalue weighted by Gasteiger charge is 2.49. The van der Waals surface area contributed by atoms with Crippen LogP contribution < -0.4 is 4.90 Å². The topological polar surface area (TPSA) is 102 Å². The summed E-state index contributed by atoms with van der Waals surface area (Å²) in [5.74, 6) is 0.184. The Labute approximate surface area is 202 Å². The van der Waals surface area contributed by atoms with E-state index in [1.807, 2.05) is 13.0 Å². The van der Waals surface area contributed by atoms with Gasteiger partial charge in [-0.1, -0.05) is 19.1 Å². The number of allylic oxidation sites excluding steroid dienone is 1. The molecule has 0 saturated carbocycles. The second-order valence-corrected chi connectivity index (χ2v) is 9.11. The predicted molar refractivity (Wildman–Crippen MR) is 121 cm³/mol. The molecular formula is C24H18F3N3O4S. The molecule has 4 rings (SSSR count). The largest absolute Gasteiger partial charge is 0.465 e. The first-order valence-corrected chi connectivity index (χ1v) is 11.5. The Morgan fingerprint density at radius 3 is 2.57 bits per heavy atom. The molecule has 35 heavy (non-hydrogen) atoms. The lowest BCUT2D eigenvalue weighted by Crippen LogP contribution is -2.52. The lowest BCUT2D eigenvalue weighted by molar-refractivity contribution is -0.137. The highest BCUT2D eigenvalue weighted by atomic mass is 32.2. The number of thioether (sulfide) groups is 1. The standard InChI is InChI=1S/C24H18F3N3O4S/c1-2-35-19-10-13(12-28)6-7-16(19)21-20-17(8-9-18(20)31)29(22(32)30(21)23(33)34)15-5-3-4-14(11-15)24(25,26)27/h3-7,10-11,21H,2,8-9H2,1H3,(H,33,34). The number of alkyl halides is 3. The summed E-state index contributed by atoms with van der Waals surface area (Å²) in [5, 5.41) is 19.3. The third-order valence-corrected chi connectivity index (χ3v) is 6.73. The minimum atomic E-state index is -4.68. The van der Waals surface area contributed by atoms with E-state index in [0.717, 1.165) is 23.1 Å². The van der Waals surface area contributed by atoms with E-state index < -0.39 is 35.7 Å². The third-order valence-electron chi connectivity index (χ3n) is 5.77. The van der Waals surface area contributed by atoms with Gasteiger partial charge in [-0.25, -0.2) is 14.5 Å². The molecule has 1 atom stereocenters. The number of nitriles is 1. The van der Waals surface area contributed by atoms with Crippen molar-refractivity contribution in [2.45, 2.75) is 36.9 Å². The van der Waals surface area contributed by atoms with Gasteiger partial charge in [0, 0.05) is 22.6 Å². The van der Waals surface area contributed by atoms with Crippen LogP contribution in [0.5, 0.6) is 0 Å². The molecule has 11 heteroatoms. The molecule has 1 unspecified atom stereocenters. The Bertz CT molecular complexity index is 1320. The summed E-state index contributed by atoms with van der Waals surface area (Å²) < 4.78 is 40.0. The van der Waals surface area contributed by atoms with Gasteiger partial charge in [0.25, 0.3) is 0 Å². The first-order chi connectivity index (χ1) is 16.6. The highest BCUT2D eigenvalue weighted by Crippen LogP contribution is 2.47. The quantitative estimate of drug-likeness (QED) is 0.518. The van der Waals surface area contributed by atoms with Crippen molar-refractivity contribution in [2.24, 2.45) is 0 Å². The van der Waals surface area contributed by atoms with Crippen LogP contribution in [0, 0.1) is 11.3 Å². The van der Waals surface area contributed by atoms with Gasteiger partial charge in [-0.2, -0.15) is 18.4 Å². The molecule has 2 aromatic rings. The normalized spacial score (nSPS) is 18.1. The molecule has 180 valence electrons. The van der Waals surface area contributed by atoms with E-state index in [-0.39, 0.29) is 29.8 Å². The Morgan fingerprint density at radius 2 is 1.94 bits per heavy atom. The molecule has 1 aliphatic heterocycles. The summed E-state index contributed by atoms with van der Waals surface area (Å²) in [6.07, 6.45) is -6.27. The summed E-state index contributed by atoms with van der Waals surface area (Å²) in [7, 11) is 0. The Morgan fingerprint density at radius 1 is 1.20 bits per heavy atom. The smallest absolute Gasteiger partial charge is 0.416 e. The van der Waals surface area contributed by atoms with Crippen LogP contribution in [0.25, 0.3) is 0 Å². The lowest BCUT2D eigenvalue weighted by Gasteiger charge is -2.40. The summed E-state index contributed by atoms with van der Waals surface area (Å²) in [5.41, 5.74) is -0.276. The zero-order valence-corrected chi connectivity index (χ0v) is 19.1. The Kier molecular flexibility index (Phi) is 6.34. The van der Waals surface area contributed by atoms with Crippen LogP contribution in [0.1, 0.15) is 42.5 Å². The number of carbonyl (C=O) groups excluding carboxylic acids is 2. The van der Waals surface area contributed by atoms with Crippen LogP contribution in [0.2, 0.25) is 0 Å².